The lowest BCUT2D eigenvalue weighted by atomic mass is 10.1. The molecule has 0 aliphatic carbocycles. The summed E-state index contributed by atoms with van der Waals surface area (Å²) in [5.41, 5.74) is -0.378. The first-order valence-electron chi connectivity index (χ1n) is 4.80. The van der Waals surface area contributed by atoms with E-state index in [0.29, 0.717) is 11.1 Å². The Hall–Kier alpha value is -2.37. The van der Waals surface area contributed by atoms with Crippen LogP contribution in [0.5, 0.6) is 0 Å². The molecule has 17 heavy (non-hydrogen) atoms. The summed E-state index contributed by atoms with van der Waals surface area (Å²) in [6.45, 7) is 1.68. The molecule has 0 aliphatic rings. The van der Waals surface area contributed by atoms with Crippen molar-refractivity contribution in [1.82, 2.24) is 0 Å². The molecule has 0 fully saturated rings. The summed E-state index contributed by atoms with van der Waals surface area (Å²) in [6.07, 6.45) is 0. The van der Waals surface area contributed by atoms with Crippen LogP contribution in [0.25, 0.3) is 11.0 Å². The Balaban J connectivity index is 2.81. The summed E-state index contributed by atoms with van der Waals surface area (Å²) in [4.78, 5) is 21.8. The molecule has 2 rings (SSSR count). The van der Waals surface area contributed by atoms with Crippen molar-refractivity contribution < 1.29 is 18.9 Å². The predicted molar refractivity (Wildman–Crippen MR) is 58.9 cm³/mol. The summed E-state index contributed by atoms with van der Waals surface area (Å²) in [5.74, 6) is -0.210. The van der Waals surface area contributed by atoms with Gasteiger partial charge in [0.1, 0.15) is 11.3 Å². The van der Waals surface area contributed by atoms with Crippen molar-refractivity contribution in [2.75, 3.05) is 7.11 Å². The third kappa shape index (κ3) is 1.73. The normalized spacial score (nSPS) is 10.5. The van der Waals surface area contributed by atoms with Crippen molar-refractivity contribution in [2.24, 2.45) is 0 Å². The number of ether oxygens (including phenoxy) is 1. The highest BCUT2D eigenvalue weighted by atomic mass is 16.6. The molecule has 2 aromatic rings. The average molecular weight is 235 g/mol. The van der Waals surface area contributed by atoms with E-state index in [-0.39, 0.29) is 16.8 Å². The highest BCUT2D eigenvalue weighted by Crippen LogP contribution is 2.32. The van der Waals surface area contributed by atoms with Crippen LogP contribution in [0, 0.1) is 17.0 Å². The molecule has 88 valence electrons. The third-order valence-electron chi connectivity index (χ3n) is 2.37. The number of hydrogen-bond acceptors (Lipinski definition) is 5. The Bertz CT molecular complexity index is 614. The maximum absolute atomic E-state index is 11.4. The summed E-state index contributed by atoms with van der Waals surface area (Å²) < 4.78 is 9.74. The Labute approximate surface area is 95.9 Å². The molecule has 0 saturated carbocycles. The van der Waals surface area contributed by atoms with Crippen LogP contribution in [0.3, 0.4) is 0 Å². The number of rotatable bonds is 2. The second-order valence-corrected chi connectivity index (χ2v) is 3.49. The largest absolute Gasteiger partial charge is 0.465 e. The second-order valence-electron chi connectivity index (χ2n) is 3.49. The van der Waals surface area contributed by atoms with Gasteiger partial charge in [0.05, 0.1) is 12.0 Å². The zero-order valence-electron chi connectivity index (χ0n) is 9.22. The number of nitro groups is 1. The number of furan rings is 1. The first-order valence-corrected chi connectivity index (χ1v) is 4.80. The van der Waals surface area contributed by atoms with E-state index < -0.39 is 10.9 Å². The van der Waals surface area contributed by atoms with E-state index in [1.165, 1.54) is 13.2 Å². The van der Waals surface area contributed by atoms with Crippen molar-refractivity contribution in [3.05, 3.63) is 39.6 Å². The minimum Gasteiger partial charge on any atom is -0.465 e. The van der Waals surface area contributed by atoms with Gasteiger partial charge in [-0.2, -0.15) is 0 Å². The van der Waals surface area contributed by atoms with E-state index in [2.05, 4.69) is 4.74 Å². The van der Waals surface area contributed by atoms with Gasteiger partial charge in [0.2, 0.25) is 5.58 Å². The monoisotopic (exact) mass is 235 g/mol. The Kier molecular flexibility index (Phi) is 2.55. The lowest BCUT2D eigenvalue weighted by molar-refractivity contribution is -0.384. The van der Waals surface area contributed by atoms with E-state index in [1.54, 1.807) is 19.1 Å². The molecule has 0 amide bonds. The van der Waals surface area contributed by atoms with E-state index >= 15 is 0 Å². The molecule has 0 spiro atoms. The number of aryl methyl sites for hydroxylation is 1. The zero-order valence-corrected chi connectivity index (χ0v) is 9.22. The molecule has 0 atom stereocenters. The standard InChI is InChI=1S/C11H9NO5/c1-6-5-7-3-4-8(11(13)16-2)9(12(14)15)10(7)17-6/h3-5H,1-2H3. The first-order chi connectivity index (χ1) is 8.04. The average Bonchev–Trinajstić information content (AvgIpc) is 2.66. The second kappa shape index (κ2) is 3.89. The van der Waals surface area contributed by atoms with Crippen LogP contribution in [-0.2, 0) is 4.74 Å². The number of carbonyl (C=O) groups is 1. The Morgan fingerprint density at radius 3 is 2.76 bits per heavy atom. The number of hydrogen-bond donors (Lipinski definition) is 0. The van der Waals surface area contributed by atoms with Crippen molar-refractivity contribution in [1.29, 1.82) is 0 Å². The number of esters is 1. The maximum Gasteiger partial charge on any atom is 0.345 e. The van der Waals surface area contributed by atoms with Gasteiger partial charge in [0, 0.05) is 5.39 Å². The van der Waals surface area contributed by atoms with Crippen LogP contribution < -0.4 is 0 Å². The van der Waals surface area contributed by atoms with Crippen LogP contribution >= 0.6 is 0 Å². The fourth-order valence-corrected chi connectivity index (χ4v) is 1.67. The molecule has 0 bridgehead atoms. The molecule has 0 N–H and O–H groups in total. The molecule has 1 heterocycles. The van der Waals surface area contributed by atoms with Gasteiger partial charge < -0.3 is 9.15 Å². The molecule has 0 aliphatic heterocycles. The van der Waals surface area contributed by atoms with Gasteiger partial charge in [-0.25, -0.2) is 4.79 Å². The molecule has 0 saturated heterocycles. The lowest BCUT2D eigenvalue weighted by Crippen LogP contribution is -2.05. The number of fused-ring (bicyclic) bond motifs is 1. The lowest BCUT2D eigenvalue weighted by Gasteiger charge is -2.00. The maximum atomic E-state index is 11.4. The van der Waals surface area contributed by atoms with Gasteiger partial charge in [0.15, 0.2) is 0 Å². The molecule has 1 aromatic heterocycles. The van der Waals surface area contributed by atoms with Gasteiger partial charge in [0.25, 0.3) is 0 Å². The molecule has 0 unspecified atom stereocenters. The first kappa shape index (κ1) is 11.1. The fourth-order valence-electron chi connectivity index (χ4n) is 1.67. The quantitative estimate of drug-likeness (QED) is 0.453. The molecule has 6 nitrogen and oxygen atoms in total. The van der Waals surface area contributed by atoms with Gasteiger partial charge in [-0.3, -0.25) is 10.1 Å². The third-order valence-corrected chi connectivity index (χ3v) is 2.37. The van der Waals surface area contributed by atoms with Gasteiger partial charge in [-0.05, 0) is 25.1 Å². The highest BCUT2D eigenvalue weighted by molar-refractivity contribution is 6.01. The summed E-state index contributed by atoms with van der Waals surface area (Å²) in [7, 11) is 1.17. The topological polar surface area (TPSA) is 82.6 Å². The minimum absolute atomic E-state index is 0.0930. The predicted octanol–water partition coefficient (Wildman–Crippen LogP) is 2.44. The van der Waals surface area contributed by atoms with Crippen LogP contribution in [-0.4, -0.2) is 18.0 Å². The number of methoxy groups -OCH3 is 1. The van der Waals surface area contributed by atoms with E-state index in [9.17, 15) is 14.9 Å². The van der Waals surface area contributed by atoms with Crippen molar-refractivity contribution in [2.45, 2.75) is 6.92 Å². The van der Waals surface area contributed by atoms with Crippen LogP contribution in [0.15, 0.2) is 22.6 Å². The number of nitrogens with zero attached hydrogens (tertiary/aromatic N) is 1. The Morgan fingerprint density at radius 1 is 1.47 bits per heavy atom. The SMILES string of the molecule is COC(=O)c1ccc2cc(C)oc2c1[N+](=O)[O-]. The molecule has 0 radical (unpaired) electrons. The van der Waals surface area contributed by atoms with Crippen molar-refractivity contribution in [3.63, 3.8) is 0 Å². The summed E-state index contributed by atoms with van der Waals surface area (Å²) >= 11 is 0. The summed E-state index contributed by atoms with van der Waals surface area (Å²) in [6, 6.07) is 4.62. The summed E-state index contributed by atoms with van der Waals surface area (Å²) in [5, 5.41) is 11.6. The van der Waals surface area contributed by atoms with Crippen LogP contribution in [0.4, 0.5) is 5.69 Å². The molecular formula is C11H9NO5. The highest BCUT2D eigenvalue weighted by Gasteiger charge is 2.26. The van der Waals surface area contributed by atoms with E-state index in [0.717, 1.165) is 0 Å². The van der Waals surface area contributed by atoms with Crippen LogP contribution in [0.1, 0.15) is 16.1 Å². The van der Waals surface area contributed by atoms with Crippen molar-refractivity contribution >= 4 is 22.6 Å². The Morgan fingerprint density at radius 2 is 2.18 bits per heavy atom. The number of benzene rings is 1. The molecular weight excluding hydrogens is 226 g/mol. The zero-order chi connectivity index (χ0) is 12.6. The van der Waals surface area contributed by atoms with Gasteiger partial charge >= 0.3 is 11.7 Å². The van der Waals surface area contributed by atoms with E-state index in [4.69, 9.17) is 4.42 Å². The smallest absolute Gasteiger partial charge is 0.345 e. The van der Waals surface area contributed by atoms with E-state index in [1.807, 2.05) is 0 Å². The number of carbonyl (C=O) groups excluding carboxylic acids is 1. The van der Waals surface area contributed by atoms with Gasteiger partial charge in [-0.15, -0.1) is 0 Å². The molecule has 6 heteroatoms. The van der Waals surface area contributed by atoms with Gasteiger partial charge in [-0.1, -0.05) is 0 Å². The molecule has 1 aromatic carbocycles. The van der Waals surface area contributed by atoms with Crippen molar-refractivity contribution in [3.8, 4) is 0 Å². The minimum atomic E-state index is -0.757. The fraction of sp³-hybridized carbons (Fsp3) is 0.182. The van der Waals surface area contributed by atoms with Crippen LogP contribution in [0.2, 0.25) is 0 Å². The number of nitro benzene ring substituents is 1.